The maximum Gasteiger partial charge on any atom is 0.325 e. The Morgan fingerprint density at radius 3 is 2.73 bits per heavy atom. The molecule has 1 aromatic heterocycles. The number of nitrogens with zero attached hydrogens (tertiary/aromatic N) is 2. The zero-order valence-corrected chi connectivity index (χ0v) is 15.1. The summed E-state index contributed by atoms with van der Waals surface area (Å²) in [6.45, 7) is 4.40. The van der Waals surface area contributed by atoms with Crippen molar-refractivity contribution in [2.24, 2.45) is 5.92 Å². The molecular weight excluding hydrogens is 338 g/mol. The Hall–Kier alpha value is -3.03. The van der Waals surface area contributed by atoms with Crippen LogP contribution in [0.5, 0.6) is 11.5 Å². The molecule has 0 fully saturated rings. The monoisotopic (exact) mass is 361 g/mol. The number of hydrogen-bond acceptors (Lipinski definition) is 5. The molecule has 8 nitrogen and oxygen atoms in total. The largest absolute Gasteiger partial charge is 0.497 e. The van der Waals surface area contributed by atoms with E-state index < -0.39 is 11.9 Å². The Labute approximate surface area is 151 Å². The van der Waals surface area contributed by atoms with Gasteiger partial charge in [0.05, 0.1) is 19.3 Å². The summed E-state index contributed by atoms with van der Waals surface area (Å²) in [5, 5.41) is 15.4. The molecule has 0 radical (unpaired) electrons. The van der Waals surface area contributed by atoms with Crippen LogP contribution in [0.15, 0.2) is 30.5 Å². The zero-order valence-electron chi connectivity index (χ0n) is 15.1. The summed E-state index contributed by atoms with van der Waals surface area (Å²) in [5.74, 6) is 0.352. The molecule has 140 valence electrons. The third-order valence-electron chi connectivity index (χ3n) is 3.57. The van der Waals surface area contributed by atoms with Gasteiger partial charge in [-0.1, -0.05) is 13.8 Å². The summed E-state index contributed by atoms with van der Waals surface area (Å²) >= 11 is 0. The number of amides is 1. The van der Waals surface area contributed by atoms with E-state index >= 15 is 0 Å². The maximum atomic E-state index is 12.6. The molecule has 26 heavy (non-hydrogen) atoms. The molecule has 0 bridgehead atoms. The van der Waals surface area contributed by atoms with Gasteiger partial charge in [-0.3, -0.25) is 14.3 Å². The number of hydrogen-bond donors (Lipinski definition) is 2. The van der Waals surface area contributed by atoms with Crippen LogP contribution in [0.4, 0.5) is 5.82 Å². The summed E-state index contributed by atoms with van der Waals surface area (Å²) < 4.78 is 12.2. The van der Waals surface area contributed by atoms with Gasteiger partial charge < -0.3 is 19.9 Å². The Morgan fingerprint density at radius 1 is 1.31 bits per heavy atom. The van der Waals surface area contributed by atoms with E-state index in [1.54, 1.807) is 25.3 Å². The average molecular weight is 361 g/mol. The molecule has 2 aromatic rings. The Morgan fingerprint density at radius 2 is 2.08 bits per heavy atom. The van der Waals surface area contributed by atoms with Gasteiger partial charge >= 0.3 is 5.97 Å². The number of benzene rings is 1. The van der Waals surface area contributed by atoms with Gasteiger partial charge in [0.1, 0.15) is 18.0 Å². The normalized spacial score (nSPS) is 10.6. The van der Waals surface area contributed by atoms with E-state index in [2.05, 4.69) is 24.3 Å². The van der Waals surface area contributed by atoms with Crippen LogP contribution in [-0.2, 0) is 11.3 Å². The number of rotatable bonds is 9. The molecule has 1 amide bonds. The molecule has 1 aromatic carbocycles. The van der Waals surface area contributed by atoms with Crippen LogP contribution >= 0.6 is 0 Å². The summed E-state index contributed by atoms with van der Waals surface area (Å²) in [6, 6.07) is 6.49. The molecule has 0 saturated carbocycles. The number of nitrogens with one attached hydrogen (secondary N) is 1. The molecule has 0 saturated heterocycles. The van der Waals surface area contributed by atoms with Crippen molar-refractivity contribution in [1.82, 2.24) is 9.78 Å². The van der Waals surface area contributed by atoms with Crippen LogP contribution < -0.4 is 14.8 Å². The van der Waals surface area contributed by atoms with Crippen molar-refractivity contribution in [3.63, 3.8) is 0 Å². The van der Waals surface area contributed by atoms with Gasteiger partial charge in [-0.15, -0.1) is 0 Å². The number of aliphatic carboxylic acids is 1. The van der Waals surface area contributed by atoms with Crippen LogP contribution in [0.3, 0.4) is 0 Å². The number of carboxylic acid groups (broad SMARTS) is 1. The molecule has 1 heterocycles. The molecule has 2 rings (SSSR count). The number of carboxylic acids is 1. The smallest absolute Gasteiger partial charge is 0.325 e. The highest BCUT2D eigenvalue weighted by molar-refractivity contribution is 6.05. The Bertz CT molecular complexity index is 770. The third kappa shape index (κ3) is 5.51. The van der Waals surface area contributed by atoms with Crippen LogP contribution in [0, 0.1) is 5.92 Å². The van der Waals surface area contributed by atoms with Gasteiger partial charge in [-0.05, 0) is 24.5 Å². The minimum absolute atomic E-state index is 0.264. The molecule has 0 spiro atoms. The second-order valence-corrected chi connectivity index (χ2v) is 6.14. The van der Waals surface area contributed by atoms with Gasteiger partial charge in [0.15, 0.2) is 5.82 Å². The van der Waals surface area contributed by atoms with Crippen LogP contribution in [0.25, 0.3) is 0 Å². The van der Waals surface area contributed by atoms with Crippen molar-refractivity contribution < 1.29 is 24.2 Å². The lowest BCUT2D eigenvalue weighted by atomic mass is 10.1. The first-order valence-corrected chi connectivity index (χ1v) is 8.26. The van der Waals surface area contributed by atoms with Crippen molar-refractivity contribution >= 4 is 17.7 Å². The second-order valence-electron chi connectivity index (χ2n) is 6.14. The summed E-state index contributed by atoms with van der Waals surface area (Å²) in [4.78, 5) is 23.3. The van der Waals surface area contributed by atoms with Crippen molar-refractivity contribution in [3.05, 3.63) is 36.0 Å². The van der Waals surface area contributed by atoms with Gasteiger partial charge in [0.2, 0.25) is 0 Å². The molecule has 0 unspecified atom stereocenters. The Balaban J connectivity index is 2.13. The SMILES string of the molecule is COc1ccc(C(=O)Nc2ccn(CC(=O)O)n2)c(OCCC(C)C)c1. The van der Waals surface area contributed by atoms with E-state index in [-0.39, 0.29) is 12.4 Å². The molecule has 0 aliphatic carbocycles. The van der Waals surface area contributed by atoms with Gasteiger partial charge in [0.25, 0.3) is 5.91 Å². The number of carbonyl (C=O) groups excluding carboxylic acids is 1. The highest BCUT2D eigenvalue weighted by atomic mass is 16.5. The van der Waals surface area contributed by atoms with E-state index in [0.29, 0.717) is 29.6 Å². The quantitative estimate of drug-likeness (QED) is 0.712. The van der Waals surface area contributed by atoms with E-state index in [1.165, 1.54) is 16.9 Å². The number of carbonyl (C=O) groups is 2. The first-order chi connectivity index (χ1) is 12.4. The van der Waals surface area contributed by atoms with Gasteiger partial charge in [-0.25, -0.2) is 0 Å². The topological polar surface area (TPSA) is 103 Å². The number of aromatic nitrogens is 2. The van der Waals surface area contributed by atoms with Crippen LogP contribution in [0.1, 0.15) is 30.6 Å². The molecule has 0 aliphatic heterocycles. The van der Waals surface area contributed by atoms with Crippen molar-refractivity contribution in [1.29, 1.82) is 0 Å². The lowest BCUT2D eigenvalue weighted by Crippen LogP contribution is -2.15. The molecule has 8 heteroatoms. The predicted molar refractivity (Wildman–Crippen MR) is 95.8 cm³/mol. The highest BCUT2D eigenvalue weighted by Gasteiger charge is 2.16. The molecular formula is C18H23N3O5. The summed E-state index contributed by atoms with van der Waals surface area (Å²) in [6.07, 6.45) is 2.34. The van der Waals surface area contributed by atoms with E-state index in [0.717, 1.165) is 6.42 Å². The average Bonchev–Trinajstić information content (AvgIpc) is 3.00. The summed E-state index contributed by atoms with van der Waals surface area (Å²) in [7, 11) is 1.54. The van der Waals surface area contributed by atoms with Crippen molar-refractivity contribution in [3.8, 4) is 11.5 Å². The second kappa shape index (κ2) is 8.89. The predicted octanol–water partition coefficient (Wildman–Crippen LogP) is 2.65. The van der Waals surface area contributed by atoms with E-state index in [1.807, 2.05) is 0 Å². The molecule has 2 N–H and O–H groups in total. The zero-order chi connectivity index (χ0) is 19.1. The standard InChI is InChI=1S/C18H23N3O5/c1-12(2)7-9-26-15-10-13(25-3)4-5-14(15)18(24)19-16-6-8-21(20-16)11-17(22)23/h4-6,8,10,12H,7,9,11H2,1-3H3,(H,22,23)(H,19,20,24). The fourth-order valence-electron chi connectivity index (χ4n) is 2.18. The fraction of sp³-hybridized carbons (Fsp3) is 0.389. The number of methoxy groups -OCH3 is 1. The van der Waals surface area contributed by atoms with Crippen molar-refractivity contribution in [2.45, 2.75) is 26.8 Å². The minimum atomic E-state index is -1.01. The van der Waals surface area contributed by atoms with Crippen molar-refractivity contribution in [2.75, 3.05) is 19.0 Å². The highest BCUT2D eigenvalue weighted by Crippen LogP contribution is 2.26. The lowest BCUT2D eigenvalue weighted by Gasteiger charge is -2.13. The number of anilines is 1. The van der Waals surface area contributed by atoms with Gasteiger partial charge in [-0.2, -0.15) is 5.10 Å². The third-order valence-corrected chi connectivity index (χ3v) is 3.57. The summed E-state index contributed by atoms with van der Waals surface area (Å²) in [5.41, 5.74) is 0.349. The maximum absolute atomic E-state index is 12.6. The first-order valence-electron chi connectivity index (χ1n) is 8.26. The van der Waals surface area contributed by atoms with Crippen LogP contribution in [0.2, 0.25) is 0 Å². The molecule has 0 aliphatic rings. The lowest BCUT2D eigenvalue weighted by molar-refractivity contribution is -0.137. The first kappa shape index (κ1) is 19.3. The minimum Gasteiger partial charge on any atom is -0.497 e. The van der Waals surface area contributed by atoms with Gasteiger partial charge in [0, 0.05) is 18.3 Å². The Kier molecular flexibility index (Phi) is 6.60. The van der Waals surface area contributed by atoms with Crippen LogP contribution in [-0.4, -0.2) is 40.5 Å². The number of ether oxygens (including phenoxy) is 2. The van der Waals surface area contributed by atoms with E-state index in [4.69, 9.17) is 14.6 Å². The van der Waals surface area contributed by atoms with E-state index in [9.17, 15) is 9.59 Å². The fourth-order valence-corrected chi connectivity index (χ4v) is 2.18. The molecule has 0 atom stereocenters.